The van der Waals surface area contributed by atoms with Crippen LogP contribution in [-0.2, 0) is 28.5 Å². The van der Waals surface area contributed by atoms with Gasteiger partial charge in [-0.25, -0.2) is 9.59 Å². The first kappa shape index (κ1) is 30.1. The predicted molar refractivity (Wildman–Crippen MR) is 69.3 cm³/mol. The Kier molecular flexibility index (Phi) is 20.1. The summed E-state index contributed by atoms with van der Waals surface area (Å²) >= 11 is 0. The van der Waals surface area contributed by atoms with Gasteiger partial charge in [-0.05, 0) is 13.8 Å². The zero-order valence-electron chi connectivity index (χ0n) is 13.0. The summed E-state index contributed by atoms with van der Waals surface area (Å²) in [4.78, 5) is 21.0. The normalized spacial score (nSPS) is 18.9. The van der Waals surface area contributed by atoms with Crippen molar-refractivity contribution in [2.45, 2.75) is 31.8 Å². The van der Waals surface area contributed by atoms with E-state index in [1.165, 1.54) is 7.11 Å². The molecule has 6 N–H and O–H groups in total. The zero-order valence-corrected chi connectivity index (χ0v) is 17.7. The number of aliphatic hydroxyl groups excluding tert-OH is 2. The van der Waals surface area contributed by atoms with Crippen LogP contribution in [0.25, 0.3) is 0 Å². The van der Waals surface area contributed by atoms with Crippen LogP contribution >= 0.6 is 0 Å². The van der Waals surface area contributed by atoms with Crippen molar-refractivity contribution in [1.82, 2.24) is 0 Å². The number of rotatable bonds is 3. The number of carbonyl (C=O) groups is 2. The summed E-state index contributed by atoms with van der Waals surface area (Å²) in [6.45, 7) is 3.21. The fourth-order valence-electron chi connectivity index (χ4n) is 1.15. The van der Waals surface area contributed by atoms with Crippen molar-refractivity contribution in [3.05, 3.63) is 0 Å². The molecule has 1 fully saturated rings. The van der Waals surface area contributed by atoms with Crippen molar-refractivity contribution in [3.63, 3.8) is 0 Å². The van der Waals surface area contributed by atoms with E-state index in [9.17, 15) is 9.59 Å². The maximum absolute atomic E-state index is 10.9. The monoisotopic (exact) mass is 543 g/mol. The van der Waals surface area contributed by atoms with Crippen LogP contribution in [0.5, 0.6) is 0 Å². The Morgan fingerprint density at radius 1 is 1.27 bits per heavy atom. The Bertz CT molecular complexity index is 309. The smallest absolute Gasteiger partial charge is 0.337 e. The van der Waals surface area contributed by atoms with Crippen LogP contribution < -0.4 is 0 Å². The predicted octanol–water partition coefficient (Wildman–Crippen LogP) is -2.83. The van der Waals surface area contributed by atoms with Crippen LogP contribution in [0.1, 0.15) is 13.8 Å². The summed E-state index contributed by atoms with van der Waals surface area (Å²) in [6, 6.07) is 0. The van der Waals surface area contributed by atoms with Crippen LogP contribution in [0.2, 0.25) is 0 Å². The van der Waals surface area contributed by atoms with Gasteiger partial charge < -0.3 is 40.1 Å². The minimum absolute atomic E-state index is 0. The first-order valence-corrected chi connectivity index (χ1v) is 5.53. The van der Waals surface area contributed by atoms with E-state index in [4.69, 9.17) is 19.7 Å². The molecule has 2 atom stereocenters. The number of esters is 2. The standard InChI is InChI=1S/C7H12O4.C4H8O4.Ac.2H2O/c1-7(2)10-4-5(11-7)6(8)9-3;1-8-4(7)3(6)2-5;;;/h5H,4H2,1-3H3;3,5-6H,2H2,1H3;;2*1H2. The molecule has 0 bridgehead atoms. The maximum atomic E-state index is 10.9. The fourth-order valence-corrected chi connectivity index (χ4v) is 1.15. The van der Waals surface area contributed by atoms with Gasteiger partial charge in [0.25, 0.3) is 0 Å². The SMILES string of the molecule is COC(=O)C(O)CO.COC(=O)C1COC(C)(C)O1.O.O.[Ac]. The number of hydrogen-bond acceptors (Lipinski definition) is 8. The molecule has 11 heteroatoms. The van der Waals surface area contributed by atoms with Gasteiger partial charge in [0.1, 0.15) is 0 Å². The molecule has 0 aromatic carbocycles. The molecule has 22 heavy (non-hydrogen) atoms. The van der Waals surface area contributed by atoms with E-state index < -0.39 is 30.6 Å². The topological polar surface area (TPSA) is 175 Å². The van der Waals surface area contributed by atoms with Crippen molar-refractivity contribution in [1.29, 1.82) is 0 Å². The molecule has 0 aliphatic carbocycles. The Labute approximate surface area is 164 Å². The second-order valence-electron chi connectivity index (χ2n) is 4.06. The number of hydrogen-bond donors (Lipinski definition) is 2. The van der Waals surface area contributed by atoms with E-state index in [1.54, 1.807) is 13.8 Å². The molecule has 10 nitrogen and oxygen atoms in total. The average Bonchev–Trinajstić information content (AvgIpc) is 2.76. The van der Waals surface area contributed by atoms with E-state index in [1.807, 2.05) is 0 Å². The summed E-state index contributed by atoms with van der Waals surface area (Å²) in [5, 5.41) is 16.5. The average molecular weight is 543 g/mol. The van der Waals surface area contributed by atoms with Gasteiger partial charge in [0.2, 0.25) is 0 Å². The van der Waals surface area contributed by atoms with E-state index in [-0.39, 0.29) is 67.6 Å². The van der Waals surface area contributed by atoms with Gasteiger partial charge in [-0.2, -0.15) is 0 Å². The van der Waals surface area contributed by atoms with E-state index >= 15 is 0 Å². The van der Waals surface area contributed by atoms with Crippen LogP contribution in [0.4, 0.5) is 0 Å². The molecule has 131 valence electrons. The van der Waals surface area contributed by atoms with Gasteiger partial charge in [-0.15, -0.1) is 0 Å². The first-order valence-electron chi connectivity index (χ1n) is 5.53. The summed E-state index contributed by atoms with van der Waals surface area (Å²) in [5.41, 5.74) is 0. The Morgan fingerprint density at radius 2 is 1.77 bits per heavy atom. The summed E-state index contributed by atoms with van der Waals surface area (Å²) in [6.07, 6.45) is -1.95. The minimum atomic E-state index is -1.39. The largest absolute Gasteiger partial charge is 0.467 e. The molecule has 0 spiro atoms. The number of methoxy groups -OCH3 is 2. The van der Waals surface area contributed by atoms with Crippen LogP contribution in [0.15, 0.2) is 0 Å². The second kappa shape index (κ2) is 14.7. The molecule has 0 amide bonds. The molecule has 0 aromatic heterocycles. The summed E-state index contributed by atoms with van der Waals surface area (Å²) < 4.78 is 18.9. The number of carbonyl (C=O) groups excluding carboxylic acids is 2. The van der Waals surface area contributed by atoms with Gasteiger partial charge in [0, 0.05) is 44.1 Å². The molecular formula is C11H24AcO10. The summed E-state index contributed by atoms with van der Waals surface area (Å²) in [7, 11) is 2.47. The van der Waals surface area contributed by atoms with E-state index in [0.29, 0.717) is 0 Å². The molecular weight excluding hydrogens is 519 g/mol. The quantitative estimate of drug-likeness (QED) is 0.359. The van der Waals surface area contributed by atoms with Crippen molar-refractivity contribution >= 4 is 11.9 Å². The van der Waals surface area contributed by atoms with Gasteiger partial charge in [0.05, 0.1) is 27.4 Å². The third kappa shape index (κ3) is 11.7. The van der Waals surface area contributed by atoms with E-state index in [0.717, 1.165) is 7.11 Å². The van der Waals surface area contributed by atoms with Crippen molar-refractivity contribution in [3.8, 4) is 0 Å². The molecule has 1 rings (SSSR count). The molecule has 1 aliphatic heterocycles. The van der Waals surface area contributed by atoms with Crippen molar-refractivity contribution in [2.75, 3.05) is 27.4 Å². The first-order chi connectivity index (χ1) is 8.77. The Morgan fingerprint density at radius 3 is 2.00 bits per heavy atom. The van der Waals surface area contributed by atoms with Crippen LogP contribution in [0.3, 0.4) is 0 Å². The molecule has 0 aromatic rings. The third-order valence-corrected chi connectivity index (χ3v) is 2.12. The Balaban J connectivity index is -0.000000135. The molecule has 1 heterocycles. The molecule has 2 unspecified atom stereocenters. The van der Waals surface area contributed by atoms with Gasteiger partial charge >= 0.3 is 11.9 Å². The molecule has 1 aliphatic rings. The maximum Gasteiger partial charge on any atom is 0.337 e. The minimum Gasteiger partial charge on any atom is -0.467 e. The molecule has 1 saturated heterocycles. The van der Waals surface area contributed by atoms with Gasteiger partial charge in [-0.1, -0.05) is 0 Å². The van der Waals surface area contributed by atoms with E-state index in [2.05, 4.69) is 9.47 Å². The van der Waals surface area contributed by atoms with Crippen LogP contribution in [0, 0.1) is 44.1 Å². The van der Waals surface area contributed by atoms with Crippen molar-refractivity contribution in [2.24, 2.45) is 0 Å². The summed E-state index contributed by atoms with van der Waals surface area (Å²) in [5.74, 6) is -1.85. The van der Waals surface area contributed by atoms with Gasteiger partial charge in [-0.3, -0.25) is 0 Å². The van der Waals surface area contributed by atoms with Gasteiger partial charge in [0.15, 0.2) is 18.0 Å². The fraction of sp³-hybridized carbons (Fsp3) is 0.818. The Hall–Kier alpha value is 0.142. The van der Waals surface area contributed by atoms with Crippen molar-refractivity contribution < 1.29 is 93.8 Å². The second-order valence-corrected chi connectivity index (χ2v) is 4.06. The van der Waals surface area contributed by atoms with Crippen LogP contribution in [-0.4, -0.2) is 78.5 Å². The molecule has 1 radical (unpaired) electrons. The number of ether oxygens (including phenoxy) is 4. The third-order valence-electron chi connectivity index (χ3n) is 2.12. The zero-order chi connectivity index (χ0) is 15.1. The number of aliphatic hydroxyl groups is 2. The molecule has 0 saturated carbocycles.